The molecule has 0 amide bonds. The molecule has 1 aromatic rings. The molecule has 1 aromatic heterocycles. The van der Waals surface area contributed by atoms with Crippen molar-refractivity contribution >= 4 is 11.8 Å². The molecule has 0 spiro atoms. The van der Waals surface area contributed by atoms with Gasteiger partial charge in [-0.15, -0.1) is 5.10 Å². The molecule has 0 saturated heterocycles. The molecule has 0 aliphatic carbocycles. The SMILES string of the molecule is CCc1nnc(SCCC(C)C)nc1CC. The van der Waals surface area contributed by atoms with Gasteiger partial charge in [0, 0.05) is 5.75 Å². The molecular formula is C12H21N3S. The van der Waals surface area contributed by atoms with Crippen LogP contribution in [0.25, 0.3) is 0 Å². The van der Waals surface area contributed by atoms with Crippen LogP contribution >= 0.6 is 11.8 Å². The van der Waals surface area contributed by atoms with Gasteiger partial charge in [0.2, 0.25) is 5.16 Å². The van der Waals surface area contributed by atoms with E-state index in [0.717, 1.165) is 41.1 Å². The van der Waals surface area contributed by atoms with Crippen molar-refractivity contribution in [3.8, 4) is 0 Å². The van der Waals surface area contributed by atoms with E-state index in [1.165, 1.54) is 6.42 Å². The second-order valence-electron chi connectivity index (χ2n) is 4.23. The van der Waals surface area contributed by atoms with Gasteiger partial charge in [-0.3, -0.25) is 0 Å². The fraction of sp³-hybridized carbons (Fsp3) is 0.750. The summed E-state index contributed by atoms with van der Waals surface area (Å²) in [6.45, 7) is 8.68. The third kappa shape index (κ3) is 4.08. The maximum Gasteiger partial charge on any atom is 0.209 e. The second kappa shape index (κ2) is 6.84. The number of aromatic nitrogens is 3. The van der Waals surface area contributed by atoms with Crippen LogP contribution in [0.5, 0.6) is 0 Å². The zero-order valence-corrected chi connectivity index (χ0v) is 11.5. The van der Waals surface area contributed by atoms with E-state index in [1.54, 1.807) is 11.8 Å². The summed E-state index contributed by atoms with van der Waals surface area (Å²) in [7, 11) is 0. The Balaban J connectivity index is 2.60. The minimum atomic E-state index is 0.737. The van der Waals surface area contributed by atoms with Crippen LogP contribution in [0.4, 0.5) is 0 Å². The average Bonchev–Trinajstić information content (AvgIpc) is 2.28. The highest BCUT2D eigenvalue weighted by atomic mass is 32.2. The van der Waals surface area contributed by atoms with Crippen LogP contribution in [-0.2, 0) is 12.8 Å². The van der Waals surface area contributed by atoms with Crippen molar-refractivity contribution in [2.45, 2.75) is 52.1 Å². The van der Waals surface area contributed by atoms with Crippen LogP contribution in [0, 0.1) is 5.92 Å². The van der Waals surface area contributed by atoms with E-state index < -0.39 is 0 Å². The normalized spacial score (nSPS) is 11.1. The smallest absolute Gasteiger partial charge is 0.209 e. The van der Waals surface area contributed by atoms with Gasteiger partial charge in [0.15, 0.2) is 0 Å². The molecular weight excluding hydrogens is 218 g/mol. The number of thioether (sulfide) groups is 1. The largest absolute Gasteiger partial charge is 0.224 e. The molecule has 0 bridgehead atoms. The van der Waals surface area contributed by atoms with E-state index in [9.17, 15) is 0 Å². The molecule has 0 N–H and O–H groups in total. The van der Waals surface area contributed by atoms with Gasteiger partial charge in [-0.2, -0.15) is 5.10 Å². The Morgan fingerprint density at radius 3 is 2.31 bits per heavy atom. The summed E-state index contributed by atoms with van der Waals surface area (Å²) in [6.07, 6.45) is 3.06. The molecule has 0 radical (unpaired) electrons. The predicted molar refractivity (Wildman–Crippen MR) is 68.8 cm³/mol. The fourth-order valence-corrected chi connectivity index (χ4v) is 2.41. The maximum absolute atomic E-state index is 4.55. The van der Waals surface area contributed by atoms with E-state index in [0.29, 0.717) is 0 Å². The predicted octanol–water partition coefficient (Wildman–Crippen LogP) is 3.13. The first-order chi connectivity index (χ1) is 7.67. The Labute approximate surface area is 102 Å². The van der Waals surface area contributed by atoms with Crippen molar-refractivity contribution < 1.29 is 0 Å². The lowest BCUT2D eigenvalue weighted by Crippen LogP contribution is -2.04. The number of rotatable bonds is 6. The number of nitrogens with zero attached hydrogens (tertiary/aromatic N) is 3. The molecule has 1 heterocycles. The van der Waals surface area contributed by atoms with Crippen molar-refractivity contribution in [1.29, 1.82) is 0 Å². The lowest BCUT2D eigenvalue weighted by atomic mass is 10.2. The highest BCUT2D eigenvalue weighted by molar-refractivity contribution is 7.99. The van der Waals surface area contributed by atoms with Crippen LogP contribution in [0.15, 0.2) is 5.16 Å². The van der Waals surface area contributed by atoms with E-state index in [1.807, 2.05) is 0 Å². The maximum atomic E-state index is 4.55. The molecule has 0 aromatic carbocycles. The number of hydrogen-bond donors (Lipinski definition) is 0. The first-order valence-corrected chi connectivity index (χ1v) is 7.01. The summed E-state index contributed by atoms with van der Waals surface area (Å²) >= 11 is 1.71. The minimum absolute atomic E-state index is 0.737. The van der Waals surface area contributed by atoms with Crippen LogP contribution < -0.4 is 0 Å². The van der Waals surface area contributed by atoms with E-state index in [-0.39, 0.29) is 0 Å². The molecule has 4 heteroatoms. The zero-order valence-electron chi connectivity index (χ0n) is 10.7. The Kier molecular flexibility index (Phi) is 5.74. The quantitative estimate of drug-likeness (QED) is 0.715. The van der Waals surface area contributed by atoms with Gasteiger partial charge < -0.3 is 0 Å². The van der Waals surface area contributed by atoms with Gasteiger partial charge in [-0.1, -0.05) is 39.5 Å². The van der Waals surface area contributed by atoms with Gasteiger partial charge in [0.05, 0.1) is 11.4 Å². The van der Waals surface area contributed by atoms with Crippen molar-refractivity contribution in [2.24, 2.45) is 5.92 Å². The average molecular weight is 239 g/mol. The Morgan fingerprint density at radius 1 is 1.06 bits per heavy atom. The summed E-state index contributed by atoms with van der Waals surface area (Å²) in [4.78, 5) is 4.55. The minimum Gasteiger partial charge on any atom is -0.224 e. The van der Waals surface area contributed by atoms with Crippen LogP contribution in [0.3, 0.4) is 0 Å². The fourth-order valence-electron chi connectivity index (χ4n) is 1.37. The highest BCUT2D eigenvalue weighted by Crippen LogP contribution is 2.17. The topological polar surface area (TPSA) is 38.7 Å². The third-order valence-electron chi connectivity index (χ3n) is 2.42. The van der Waals surface area contributed by atoms with E-state index in [2.05, 4.69) is 42.9 Å². The summed E-state index contributed by atoms with van der Waals surface area (Å²) < 4.78 is 0. The van der Waals surface area contributed by atoms with Crippen LogP contribution in [0.1, 0.15) is 45.5 Å². The molecule has 16 heavy (non-hydrogen) atoms. The van der Waals surface area contributed by atoms with Gasteiger partial charge in [0.25, 0.3) is 0 Å². The Hall–Kier alpha value is -0.640. The van der Waals surface area contributed by atoms with Gasteiger partial charge in [-0.05, 0) is 25.2 Å². The molecule has 3 nitrogen and oxygen atoms in total. The summed E-state index contributed by atoms with van der Waals surface area (Å²) in [6, 6.07) is 0. The second-order valence-corrected chi connectivity index (χ2v) is 5.29. The molecule has 0 unspecified atom stereocenters. The first-order valence-electron chi connectivity index (χ1n) is 6.02. The summed E-state index contributed by atoms with van der Waals surface area (Å²) in [5.74, 6) is 1.81. The highest BCUT2D eigenvalue weighted by Gasteiger charge is 2.06. The van der Waals surface area contributed by atoms with Crippen molar-refractivity contribution in [1.82, 2.24) is 15.2 Å². The zero-order chi connectivity index (χ0) is 12.0. The molecule has 0 aliphatic rings. The molecule has 0 fully saturated rings. The lowest BCUT2D eigenvalue weighted by molar-refractivity contribution is 0.631. The lowest BCUT2D eigenvalue weighted by Gasteiger charge is -2.06. The summed E-state index contributed by atoms with van der Waals surface area (Å²) in [5, 5.41) is 9.22. The molecule has 0 atom stereocenters. The Bertz CT molecular complexity index is 326. The van der Waals surface area contributed by atoms with Crippen molar-refractivity contribution in [3.05, 3.63) is 11.4 Å². The van der Waals surface area contributed by atoms with Crippen molar-refractivity contribution in [3.63, 3.8) is 0 Å². The van der Waals surface area contributed by atoms with Gasteiger partial charge in [-0.25, -0.2) is 4.98 Å². The molecule has 0 aliphatic heterocycles. The van der Waals surface area contributed by atoms with Crippen LogP contribution in [0.2, 0.25) is 0 Å². The third-order valence-corrected chi connectivity index (χ3v) is 3.29. The van der Waals surface area contributed by atoms with E-state index in [4.69, 9.17) is 0 Å². The monoisotopic (exact) mass is 239 g/mol. The number of aryl methyl sites for hydroxylation is 2. The van der Waals surface area contributed by atoms with Gasteiger partial charge in [0.1, 0.15) is 0 Å². The molecule has 1 rings (SSSR count). The standard InChI is InChI=1S/C12H21N3S/c1-5-10-11(6-2)14-15-12(13-10)16-8-7-9(3)4/h9H,5-8H2,1-4H3. The molecule has 90 valence electrons. The van der Waals surface area contributed by atoms with Crippen LogP contribution in [-0.4, -0.2) is 20.9 Å². The van der Waals surface area contributed by atoms with Gasteiger partial charge >= 0.3 is 0 Å². The first kappa shape index (κ1) is 13.4. The Morgan fingerprint density at radius 2 is 1.75 bits per heavy atom. The number of hydrogen-bond acceptors (Lipinski definition) is 4. The molecule has 0 saturated carbocycles. The summed E-state index contributed by atoms with van der Waals surface area (Å²) in [5.41, 5.74) is 2.14. The van der Waals surface area contributed by atoms with E-state index >= 15 is 0 Å². The van der Waals surface area contributed by atoms with Crippen molar-refractivity contribution in [2.75, 3.05) is 5.75 Å².